The van der Waals surface area contributed by atoms with Gasteiger partial charge in [0.2, 0.25) is 0 Å². The van der Waals surface area contributed by atoms with Gasteiger partial charge < -0.3 is 10.2 Å². The molecule has 0 saturated heterocycles. The maximum atomic E-state index is 13.1. The first-order valence-electron chi connectivity index (χ1n) is 7.71. The topological polar surface area (TPSA) is 49.4 Å². The van der Waals surface area contributed by atoms with Crippen molar-refractivity contribution < 1.29 is 12.8 Å². The molecule has 3 rings (SSSR count). The predicted octanol–water partition coefficient (Wildman–Crippen LogP) is 3.34. The average molecular weight is 376 g/mol. The Morgan fingerprint density at radius 3 is 2.44 bits per heavy atom. The molecule has 0 spiro atoms. The largest absolute Gasteiger partial charge is 0.337 e. The molecule has 0 saturated carbocycles. The summed E-state index contributed by atoms with van der Waals surface area (Å²) < 4.78 is 36.6. The molecule has 1 heterocycles. The molecular formula is C18H17FN2O2S2. The van der Waals surface area contributed by atoms with Crippen molar-refractivity contribution in [3.05, 3.63) is 77.5 Å². The smallest absolute Gasteiger partial charge is 0.174 e. The number of thiocarbonyl (C=S) groups is 1. The Hall–Kier alpha value is -2.25. The Morgan fingerprint density at radius 2 is 1.84 bits per heavy atom. The van der Waals surface area contributed by atoms with E-state index in [2.05, 4.69) is 5.32 Å². The minimum absolute atomic E-state index is 0.00886. The van der Waals surface area contributed by atoms with Gasteiger partial charge in [0.1, 0.15) is 5.82 Å². The van der Waals surface area contributed by atoms with Crippen LogP contribution in [0.5, 0.6) is 0 Å². The van der Waals surface area contributed by atoms with Crippen LogP contribution in [0.4, 0.5) is 10.1 Å². The lowest BCUT2D eigenvalue weighted by Crippen LogP contribution is -2.42. The minimum Gasteiger partial charge on any atom is -0.337 e. The lowest BCUT2D eigenvalue weighted by Gasteiger charge is -2.30. The van der Waals surface area contributed by atoms with Crippen LogP contribution in [0, 0.1) is 5.82 Å². The third kappa shape index (κ3) is 4.64. The molecule has 25 heavy (non-hydrogen) atoms. The highest BCUT2D eigenvalue weighted by molar-refractivity contribution is 7.94. The predicted molar refractivity (Wildman–Crippen MR) is 101 cm³/mol. The fraction of sp³-hybridized carbons (Fsp3) is 0.167. The number of hydrogen-bond acceptors (Lipinski definition) is 3. The average Bonchev–Trinajstić information content (AvgIpc) is 2.95. The molecular weight excluding hydrogens is 359 g/mol. The van der Waals surface area contributed by atoms with Crippen molar-refractivity contribution in [2.24, 2.45) is 0 Å². The van der Waals surface area contributed by atoms with Gasteiger partial charge in [-0.1, -0.05) is 30.3 Å². The van der Waals surface area contributed by atoms with Crippen LogP contribution in [0.1, 0.15) is 5.56 Å². The Kier molecular flexibility index (Phi) is 5.15. The zero-order valence-corrected chi connectivity index (χ0v) is 14.9. The fourth-order valence-electron chi connectivity index (χ4n) is 2.60. The maximum absolute atomic E-state index is 13.1. The Labute approximate surface area is 151 Å². The molecule has 0 radical (unpaired) electrons. The fourth-order valence-corrected chi connectivity index (χ4v) is 4.22. The molecule has 1 atom stereocenters. The van der Waals surface area contributed by atoms with Gasteiger partial charge in [0.05, 0.1) is 11.8 Å². The Bertz CT molecular complexity index is 881. The van der Waals surface area contributed by atoms with Gasteiger partial charge in [-0.3, -0.25) is 0 Å². The summed E-state index contributed by atoms with van der Waals surface area (Å²) in [5.74, 6) is -0.340. The van der Waals surface area contributed by atoms with Crippen LogP contribution in [-0.4, -0.2) is 30.2 Å². The van der Waals surface area contributed by atoms with Crippen molar-refractivity contribution in [1.82, 2.24) is 4.90 Å². The van der Waals surface area contributed by atoms with Crippen molar-refractivity contribution in [2.75, 3.05) is 11.1 Å². The molecule has 130 valence electrons. The molecule has 0 bridgehead atoms. The number of halogens is 1. The van der Waals surface area contributed by atoms with Crippen LogP contribution in [0.2, 0.25) is 0 Å². The molecule has 4 nitrogen and oxygen atoms in total. The third-order valence-electron chi connectivity index (χ3n) is 3.86. The summed E-state index contributed by atoms with van der Waals surface area (Å²) >= 11 is 5.49. The van der Waals surface area contributed by atoms with E-state index < -0.39 is 9.84 Å². The van der Waals surface area contributed by atoms with Gasteiger partial charge in [0, 0.05) is 17.6 Å². The zero-order valence-electron chi connectivity index (χ0n) is 13.3. The van der Waals surface area contributed by atoms with Crippen LogP contribution in [0.25, 0.3) is 0 Å². The number of benzene rings is 2. The monoisotopic (exact) mass is 376 g/mol. The summed E-state index contributed by atoms with van der Waals surface area (Å²) in [4.78, 5) is 1.83. The number of nitrogens with one attached hydrogen (secondary N) is 1. The van der Waals surface area contributed by atoms with E-state index in [1.54, 1.807) is 18.2 Å². The molecule has 0 unspecified atom stereocenters. The molecule has 1 aliphatic rings. The molecule has 1 aliphatic heterocycles. The van der Waals surface area contributed by atoms with Crippen molar-refractivity contribution in [1.29, 1.82) is 0 Å². The van der Waals surface area contributed by atoms with Gasteiger partial charge >= 0.3 is 0 Å². The molecule has 2 aromatic rings. The van der Waals surface area contributed by atoms with Gasteiger partial charge in [-0.05, 0) is 48.1 Å². The molecule has 7 heteroatoms. The molecule has 0 amide bonds. The quantitative estimate of drug-likeness (QED) is 0.830. The lowest BCUT2D eigenvalue weighted by molar-refractivity contribution is 0.380. The molecule has 1 N–H and O–H groups in total. The van der Waals surface area contributed by atoms with Crippen molar-refractivity contribution in [3.8, 4) is 0 Å². The van der Waals surface area contributed by atoms with E-state index in [9.17, 15) is 12.8 Å². The number of nitrogens with zero attached hydrogens (tertiary/aromatic N) is 1. The van der Waals surface area contributed by atoms with Gasteiger partial charge in [-0.15, -0.1) is 0 Å². The summed E-state index contributed by atoms with van der Waals surface area (Å²) in [7, 11) is -3.20. The highest BCUT2D eigenvalue weighted by Gasteiger charge is 2.28. The minimum atomic E-state index is -3.20. The van der Waals surface area contributed by atoms with E-state index in [4.69, 9.17) is 12.2 Å². The molecule has 2 aromatic carbocycles. The second-order valence-corrected chi connectivity index (χ2v) is 8.09. The number of sulfone groups is 1. The van der Waals surface area contributed by atoms with Gasteiger partial charge in [0.25, 0.3) is 0 Å². The van der Waals surface area contributed by atoms with Crippen LogP contribution >= 0.6 is 12.2 Å². The maximum Gasteiger partial charge on any atom is 0.174 e. The molecule has 0 aliphatic carbocycles. The summed E-state index contributed by atoms with van der Waals surface area (Å²) in [5, 5.41) is 4.68. The summed E-state index contributed by atoms with van der Waals surface area (Å²) in [6, 6.07) is 15.2. The first-order chi connectivity index (χ1) is 11.9. The first-order valence-corrected chi connectivity index (χ1v) is 9.83. The summed E-state index contributed by atoms with van der Waals surface area (Å²) in [5.41, 5.74) is 1.66. The second kappa shape index (κ2) is 7.33. The second-order valence-electron chi connectivity index (χ2n) is 5.78. The van der Waals surface area contributed by atoms with E-state index in [-0.39, 0.29) is 17.6 Å². The SMILES string of the molecule is O=S1(=O)C=C[C@H](N(Cc2ccccc2)C(=S)Nc2ccc(F)cc2)C1. The number of hydrogen-bond donors (Lipinski definition) is 1. The standard InChI is InChI=1S/C18H17FN2O2S2/c19-15-6-8-16(9-7-15)20-18(24)21(12-14-4-2-1-3-5-14)17-10-11-25(22,23)13-17/h1-11,17H,12-13H2,(H,20,24)/t17-/m0/s1. The van der Waals surface area contributed by atoms with Crippen LogP contribution < -0.4 is 5.32 Å². The summed E-state index contributed by atoms with van der Waals surface area (Å²) in [6.07, 6.45) is 1.65. The van der Waals surface area contributed by atoms with Crippen molar-refractivity contribution in [3.63, 3.8) is 0 Å². The van der Waals surface area contributed by atoms with E-state index in [1.165, 1.54) is 17.5 Å². The van der Waals surface area contributed by atoms with Crippen LogP contribution in [0.15, 0.2) is 66.1 Å². The van der Waals surface area contributed by atoms with E-state index in [1.807, 2.05) is 35.2 Å². The highest BCUT2D eigenvalue weighted by atomic mass is 32.2. The van der Waals surface area contributed by atoms with E-state index in [0.717, 1.165) is 5.56 Å². The van der Waals surface area contributed by atoms with Gasteiger partial charge in [-0.25, -0.2) is 12.8 Å². The third-order valence-corrected chi connectivity index (χ3v) is 5.58. The van der Waals surface area contributed by atoms with E-state index in [0.29, 0.717) is 17.3 Å². The summed E-state index contributed by atoms with van der Waals surface area (Å²) in [6.45, 7) is 0.471. The zero-order chi connectivity index (χ0) is 17.9. The highest BCUT2D eigenvalue weighted by Crippen LogP contribution is 2.19. The van der Waals surface area contributed by atoms with Crippen molar-refractivity contribution >= 4 is 32.9 Å². The normalized spacial score (nSPS) is 18.0. The number of rotatable bonds is 4. The Balaban J connectivity index is 1.81. The van der Waals surface area contributed by atoms with Gasteiger partial charge in [0.15, 0.2) is 14.9 Å². The molecule has 0 fully saturated rings. The molecule has 0 aromatic heterocycles. The van der Waals surface area contributed by atoms with E-state index >= 15 is 0 Å². The Morgan fingerprint density at radius 1 is 1.16 bits per heavy atom. The lowest BCUT2D eigenvalue weighted by atomic mass is 10.2. The van der Waals surface area contributed by atoms with Gasteiger partial charge in [-0.2, -0.15) is 0 Å². The first kappa shape index (κ1) is 17.6. The van der Waals surface area contributed by atoms with Crippen molar-refractivity contribution in [2.45, 2.75) is 12.6 Å². The van der Waals surface area contributed by atoms with Crippen LogP contribution in [0.3, 0.4) is 0 Å². The number of anilines is 1. The van der Waals surface area contributed by atoms with Crippen LogP contribution in [-0.2, 0) is 16.4 Å².